The summed E-state index contributed by atoms with van der Waals surface area (Å²) < 4.78 is 41.7. The van der Waals surface area contributed by atoms with Gasteiger partial charge in [-0.3, -0.25) is 4.98 Å². The molecule has 0 unspecified atom stereocenters. The Morgan fingerprint density at radius 1 is 1.12 bits per heavy atom. The maximum atomic E-state index is 13.5. The van der Waals surface area contributed by atoms with Gasteiger partial charge in [-0.05, 0) is 12.1 Å². The predicted octanol–water partition coefficient (Wildman–Crippen LogP) is 3.49. The zero-order chi connectivity index (χ0) is 12.3. The molecule has 1 heterocycles. The third kappa shape index (κ3) is 2.75. The second-order valence-electron chi connectivity index (χ2n) is 3.27. The van der Waals surface area contributed by atoms with E-state index in [4.69, 9.17) is 0 Å². The highest BCUT2D eigenvalue weighted by atomic mass is 19.3. The average Bonchev–Trinajstić information content (AvgIpc) is 2.29. The zero-order valence-electron chi connectivity index (χ0n) is 8.61. The Balaban J connectivity index is 2.37. The van der Waals surface area contributed by atoms with E-state index in [0.29, 0.717) is 11.1 Å². The lowest BCUT2D eigenvalue weighted by Crippen LogP contribution is -2.02. The quantitative estimate of drug-likeness (QED) is 0.817. The zero-order valence-corrected chi connectivity index (χ0v) is 8.61. The van der Waals surface area contributed by atoms with Crippen LogP contribution < -0.4 is 4.74 Å². The van der Waals surface area contributed by atoms with E-state index in [9.17, 15) is 13.2 Å². The fourth-order valence-corrected chi connectivity index (χ4v) is 1.43. The van der Waals surface area contributed by atoms with Crippen LogP contribution in [0.1, 0.15) is 0 Å². The average molecular weight is 239 g/mol. The number of pyridine rings is 1. The fourth-order valence-electron chi connectivity index (χ4n) is 1.43. The number of alkyl halides is 2. The van der Waals surface area contributed by atoms with Crippen LogP contribution in [-0.2, 0) is 0 Å². The molecule has 0 radical (unpaired) electrons. The molecule has 2 rings (SSSR count). The lowest BCUT2D eigenvalue weighted by atomic mass is 10.1. The summed E-state index contributed by atoms with van der Waals surface area (Å²) in [5.74, 6) is -0.538. The van der Waals surface area contributed by atoms with Gasteiger partial charge in [0.2, 0.25) is 0 Å². The number of nitrogens with zero attached hydrogens (tertiary/aromatic N) is 1. The number of halogens is 3. The molecule has 0 atom stereocenters. The minimum atomic E-state index is -2.92. The van der Waals surface area contributed by atoms with E-state index < -0.39 is 12.4 Å². The molecular weight excluding hydrogens is 231 g/mol. The van der Waals surface area contributed by atoms with E-state index in [1.807, 2.05) is 0 Å². The van der Waals surface area contributed by atoms with Crippen LogP contribution in [0, 0.1) is 5.82 Å². The monoisotopic (exact) mass is 239 g/mol. The molecule has 2 aromatic rings. The van der Waals surface area contributed by atoms with E-state index >= 15 is 0 Å². The minimum absolute atomic E-state index is 0.0965. The van der Waals surface area contributed by atoms with Crippen molar-refractivity contribution in [1.82, 2.24) is 4.98 Å². The van der Waals surface area contributed by atoms with Gasteiger partial charge in [0.15, 0.2) is 0 Å². The molecule has 0 N–H and O–H groups in total. The number of rotatable bonds is 3. The normalized spacial score (nSPS) is 10.6. The third-order valence-electron chi connectivity index (χ3n) is 2.12. The van der Waals surface area contributed by atoms with Crippen LogP contribution in [0.15, 0.2) is 42.7 Å². The predicted molar refractivity (Wildman–Crippen MR) is 56.3 cm³/mol. The molecule has 0 saturated carbocycles. The molecule has 0 fully saturated rings. The van der Waals surface area contributed by atoms with E-state index in [2.05, 4.69) is 9.72 Å². The SMILES string of the molecule is Fc1ccccc1-c1cncc(OC(F)F)c1. The van der Waals surface area contributed by atoms with E-state index in [0.717, 1.165) is 6.20 Å². The van der Waals surface area contributed by atoms with Gasteiger partial charge in [-0.15, -0.1) is 0 Å². The van der Waals surface area contributed by atoms with Gasteiger partial charge in [0, 0.05) is 17.3 Å². The van der Waals surface area contributed by atoms with Crippen LogP contribution in [0.3, 0.4) is 0 Å². The number of aromatic nitrogens is 1. The summed E-state index contributed by atoms with van der Waals surface area (Å²) in [6.07, 6.45) is 2.53. The van der Waals surface area contributed by atoms with Gasteiger partial charge in [-0.1, -0.05) is 18.2 Å². The summed E-state index contributed by atoms with van der Waals surface area (Å²) in [5, 5.41) is 0. The molecule has 0 aliphatic carbocycles. The van der Waals surface area contributed by atoms with Crippen LogP contribution in [0.25, 0.3) is 11.1 Å². The Morgan fingerprint density at radius 3 is 2.59 bits per heavy atom. The van der Waals surface area contributed by atoms with Gasteiger partial charge in [-0.2, -0.15) is 8.78 Å². The van der Waals surface area contributed by atoms with Crippen molar-refractivity contribution in [2.24, 2.45) is 0 Å². The highest BCUT2D eigenvalue weighted by Gasteiger charge is 2.08. The molecule has 1 aromatic carbocycles. The van der Waals surface area contributed by atoms with Crippen LogP contribution in [0.4, 0.5) is 13.2 Å². The highest BCUT2D eigenvalue weighted by Crippen LogP contribution is 2.25. The van der Waals surface area contributed by atoms with Crippen molar-refractivity contribution in [1.29, 1.82) is 0 Å². The molecule has 2 nitrogen and oxygen atoms in total. The van der Waals surface area contributed by atoms with Gasteiger partial charge in [0.05, 0.1) is 6.20 Å². The second-order valence-corrected chi connectivity index (χ2v) is 3.27. The molecule has 0 saturated heterocycles. The van der Waals surface area contributed by atoms with Crippen molar-refractivity contribution >= 4 is 0 Å². The van der Waals surface area contributed by atoms with Crippen molar-refractivity contribution < 1.29 is 17.9 Å². The summed E-state index contributed by atoms with van der Waals surface area (Å²) >= 11 is 0. The van der Waals surface area contributed by atoms with Crippen LogP contribution >= 0.6 is 0 Å². The van der Waals surface area contributed by atoms with Gasteiger partial charge in [-0.25, -0.2) is 4.39 Å². The summed E-state index contributed by atoms with van der Waals surface area (Å²) in [5.41, 5.74) is 0.681. The van der Waals surface area contributed by atoms with Crippen molar-refractivity contribution in [2.45, 2.75) is 6.61 Å². The summed E-state index contributed by atoms with van der Waals surface area (Å²) in [6.45, 7) is -2.92. The molecule has 17 heavy (non-hydrogen) atoms. The first-order chi connectivity index (χ1) is 8.16. The van der Waals surface area contributed by atoms with Gasteiger partial charge in [0.1, 0.15) is 11.6 Å². The van der Waals surface area contributed by atoms with Crippen molar-refractivity contribution in [3.63, 3.8) is 0 Å². The summed E-state index contributed by atoms with van der Waals surface area (Å²) in [4.78, 5) is 3.73. The van der Waals surface area contributed by atoms with Crippen LogP contribution in [0.2, 0.25) is 0 Å². The van der Waals surface area contributed by atoms with Crippen LogP contribution in [-0.4, -0.2) is 11.6 Å². The maximum Gasteiger partial charge on any atom is 0.387 e. The van der Waals surface area contributed by atoms with Crippen LogP contribution in [0.5, 0.6) is 5.75 Å². The number of benzene rings is 1. The number of hydrogen-bond acceptors (Lipinski definition) is 2. The molecule has 1 aromatic heterocycles. The van der Waals surface area contributed by atoms with Crippen molar-refractivity contribution in [3.8, 4) is 16.9 Å². The van der Waals surface area contributed by atoms with Gasteiger partial charge in [0.25, 0.3) is 0 Å². The first kappa shape index (κ1) is 11.4. The Bertz CT molecular complexity index is 517. The Kier molecular flexibility index (Phi) is 3.27. The molecule has 5 heteroatoms. The lowest BCUT2D eigenvalue weighted by Gasteiger charge is -2.06. The molecular formula is C12H8F3NO. The first-order valence-corrected chi connectivity index (χ1v) is 4.81. The summed E-state index contributed by atoms with van der Waals surface area (Å²) in [6, 6.07) is 7.34. The van der Waals surface area contributed by atoms with Gasteiger partial charge < -0.3 is 4.74 Å². The molecule has 0 bridgehead atoms. The Hall–Kier alpha value is -2.04. The topological polar surface area (TPSA) is 22.1 Å². The third-order valence-corrected chi connectivity index (χ3v) is 2.12. The van der Waals surface area contributed by atoms with Crippen molar-refractivity contribution in [2.75, 3.05) is 0 Å². The second kappa shape index (κ2) is 4.86. The number of ether oxygens (including phenoxy) is 1. The summed E-state index contributed by atoms with van der Waals surface area (Å²) in [7, 11) is 0. The number of hydrogen-bond donors (Lipinski definition) is 0. The van der Waals surface area contributed by atoms with E-state index in [1.165, 1.54) is 18.3 Å². The standard InChI is InChI=1S/C12H8F3NO/c13-11-4-2-1-3-10(11)8-5-9(7-16-6-8)17-12(14)15/h1-7,12H. The molecule has 88 valence electrons. The van der Waals surface area contributed by atoms with E-state index in [1.54, 1.807) is 18.2 Å². The van der Waals surface area contributed by atoms with Gasteiger partial charge >= 0.3 is 6.61 Å². The first-order valence-electron chi connectivity index (χ1n) is 4.81. The van der Waals surface area contributed by atoms with Crippen molar-refractivity contribution in [3.05, 3.63) is 48.5 Å². The largest absolute Gasteiger partial charge is 0.433 e. The molecule has 0 aliphatic rings. The highest BCUT2D eigenvalue weighted by molar-refractivity contribution is 5.64. The molecule has 0 aliphatic heterocycles. The lowest BCUT2D eigenvalue weighted by molar-refractivity contribution is -0.0500. The maximum absolute atomic E-state index is 13.5. The molecule has 0 amide bonds. The minimum Gasteiger partial charge on any atom is -0.433 e. The Morgan fingerprint density at radius 2 is 1.88 bits per heavy atom. The smallest absolute Gasteiger partial charge is 0.387 e. The van der Waals surface area contributed by atoms with E-state index in [-0.39, 0.29) is 5.75 Å². The Labute approximate surface area is 95.7 Å². The molecule has 0 spiro atoms. The fraction of sp³-hybridized carbons (Fsp3) is 0.0833.